The maximum absolute atomic E-state index is 12.1. The van der Waals surface area contributed by atoms with Crippen LogP contribution in [0.3, 0.4) is 0 Å². The van der Waals surface area contributed by atoms with Crippen LogP contribution in [-0.2, 0) is 14.6 Å². The summed E-state index contributed by atoms with van der Waals surface area (Å²) in [5.74, 6) is -0.864. The average molecular weight is 266 g/mol. The van der Waals surface area contributed by atoms with Gasteiger partial charge in [0.15, 0.2) is 0 Å². The topological polar surface area (TPSA) is 73.6 Å². The van der Waals surface area contributed by atoms with Crippen molar-refractivity contribution in [1.29, 1.82) is 0 Å². The molecule has 1 aromatic heterocycles. The summed E-state index contributed by atoms with van der Waals surface area (Å²) < 4.78 is 33.7. The van der Waals surface area contributed by atoms with E-state index < -0.39 is 15.8 Å². The molecule has 2 rings (SSSR count). The summed E-state index contributed by atoms with van der Waals surface area (Å²) in [6.07, 6.45) is 0. The van der Waals surface area contributed by atoms with Crippen molar-refractivity contribution in [1.82, 2.24) is 0 Å². The summed E-state index contributed by atoms with van der Waals surface area (Å²) in [4.78, 5) is 11.3. The lowest BCUT2D eigenvalue weighted by Gasteiger charge is -2.00. The van der Waals surface area contributed by atoms with Gasteiger partial charge in [-0.25, -0.2) is 13.2 Å². The monoisotopic (exact) mass is 266 g/mol. The minimum absolute atomic E-state index is 0.107. The van der Waals surface area contributed by atoms with Crippen molar-refractivity contribution in [2.45, 2.75) is 9.99 Å². The first kappa shape index (κ1) is 12.4. The van der Waals surface area contributed by atoms with E-state index in [2.05, 4.69) is 4.74 Å². The highest BCUT2D eigenvalue weighted by Crippen LogP contribution is 2.22. The van der Waals surface area contributed by atoms with Crippen LogP contribution in [0.5, 0.6) is 0 Å². The van der Waals surface area contributed by atoms with Crippen LogP contribution in [0, 0.1) is 0 Å². The Labute approximate surface area is 104 Å². The predicted molar refractivity (Wildman–Crippen MR) is 61.9 cm³/mol. The molecule has 0 amide bonds. The molecule has 2 aromatic rings. The van der Waals surface area contributed by atoms with Gasteiger partial charge in [0.2, 0.25) is 20.7 Å². The number of rotatable bonds is 3. The van der Waals surface area contributed by atoms with Crippen molar-refractivity contribution >= 4 is 15.8 Å². The number of furan rings is 1. The van der Waals surface area contributed by atoms with Crippen molar-refractivity contribution < 1.29 is 22.4 Å². The number of hydrogen-bond donors (Lipinski definition) is 0. The first-order valence-electron chi connectivity index (χ1n) is 5.04. The maximum atomic E-state index is 12.1. The van der Waals surface area contributed by atoms with Gasteiger partial charge in [-0.05, 0) is 24.3 Å². The van der Waals surface area contributed by atoms with Gasteiger partial charge in [-0.1, -0.05) is 18.2 Å². The molecule has 0 spiro atoms. The highest BCUT2D eigenvalue weighted by Gasteiger charge is 2.23. The molecule has 94 valence electrons. The number of hydrogen-bond acceptors (Lipinski definition) is 5. The Kier molecular flexibility index (Phi) is 3.20. The van der Waals surface area contributed by atoms with Gasteiger partial charge < -0.3 is 9.15 Å². The molecule has 0 aliphatic heterocycles. The third-order valence-electron chi connectivity index (χ3n) is 2.29. The normalized spacial score (nSPS) is 11.2. The molecule has 1 aromatic carbocycles. The van der Waals surface area contributed by atoms with Gasteiger partial charge in [0.25, 0.3) is 0 Å². The number of methoxy groups -OCH3 is 1. The largest absolute Gasteiger partial charge is 0.463 e. The Bertz CT molecular complexity index is 655. The van der Waals surface area contributed by atoms with E-state index in [1.165, 1.54) is 31.4 Å². The quantitative estimate of drug-likeness (QED) is 0.793. The van der Waals surface area contributed by atoms with E-state index in [0.29, 0.717) is 0 Å². The lowest BCUT2D eigenvalue weighted by Crippen LogP contribution is -2.01. The second-order valence-electron chi connectivity index (χ2n) is 3.43. The third-order valence-corrected chi connectivity index (χ3v) is 3.93. The zero-order valence-electron chi connectivity index (χ0n) is 9.49. The Balaban J connectivity index is 2.43. The SMILES string of the molecule is COC(=O)c1ccc(S(=O)(=O)c2ccccc2)o1. The Morgan fingerprint density at radius 3 is 2.39 bits per heavy atom. The van der Waals surface area contributed by atoms with Crippen LogP contribution < -0.4 is 0 Å². The van der Waals surface area contributed by atoms with Crippen LogP contribution >= 0.6 is 0 Å². The molecule has 0 saturated heterocycles. The fraction of sp³-hybridized carbons (Fsp3) is 0.0833. The van der Waals surface area contributed by atoms with Crippen molar-refractivity contribution in [3.8, 4) is 0 Å². The number of esters is 1. The molecule has 0 atom stereocenters. The standard InChI is InChI=1S/C12H10O5S/c1-16-12(13)10-7-8-11(17-10)18(14,15)9-5-3-2-4-6-9/h2-8H,1H3. The summed E-state index contributed by atoms with van der Waals surface area (Å²) in [6.45, 7) is 0. The summed E-state index contributed by atoms with van der Waals surface area (Å²) in [5, 5.41) is -0.283. The Morgan fingerprint density at radius 1 is 1.11 bits per heavy atom. The Hall–Kier alpha value is -2.08. The van der Waals surface area contributed by atoms with E-state index in [1.807, 2.05) is 0 Å². The second kappa shape index (κ2) is 4.66. The second-order valence-corrected chi connectivity index (χ2v) is 5.31. The summed E-state index contributed by atoms with van der Waals surface area (Å²) in [5.41, 5.74) is 0. The molecule has 5 nitrogen and oxygen atoms in total. The van der Waals surface area contributed by atoms with Crippen LogP contribution in [0.15, 0.2) is 56.9 Å². The number of sulfone groups is 1. The van der Waals surface area contributed by atoms with Crippen molar-refractivity contribution in [3.63, 3.8) is 0 Å². The first-order valence-corrected chi connectivity index (χ1v) is 6.52. The van der Waals surface area contributed by atoms with Crippen LogP contribution in [0.4, 0.5) is 0 Å². The zero-order chi connectivity index (χ0) is 13.2. The predicted octanol–water partition coefficient (Wildman–Crippen LogP) is 1.90. The Morgan fingerprint density at radius 2 is 1.78 bits per heavy atom. The fourth-order valence-electron chi connectivity index (χ4n) is 1.39. The number of ether oxygens (including phenoxy) is 1. The molecule has 0 fully saturated rings. The van der Waals surface area contributed by atoms with Crippen LogP contribution in [0.2, 0.25) is 0 Å². The maximum Gasteiger partial charge on any atom is 0.374 e. The lowest BCUT2D eigenvalue weighted by molar-refractivity contribution is 0.0559. The number of carbonyl (C=O) groups excluding carboxylic acids is 1. The van der Waals surface area contributed by atoms with E-state index in [1.54, 1.807) is 18.2 Å². The number of carbonyl (C=O) groups is 1. The van der Waals surface area contributed by atoms with Crippen molar-refractivity contribution in [3.05, 3.63) is 48.2 Å². The minimum atomic E-state index is -3.73. The van der Waals surface area contributed by atoms with Gasteiger partial charge in [0, 0.05) is 0 Å². The van der Waals surface area contributed by atoms with Gasteiger partial charge >= 0.3 is 5.97 Å². The molecule has 18 heavy (non-hydrogen) atoms. The van der Waals surface area contributed by atoms with Crippen LogP contribution in [0.1, 0.15) is 10.6 Å². The molecular formula is C12H10O5S. The highest BCUT2D eigenvalue weighted by atomic mass is 32.2. The minimum Gasteiger partial charge on any atom is -0.463 e. The summed E-state index contributed by atoms with van der Waals surface area (Å²) in [6, 6.07) is 10.3. The molecule has 0 aliphatic carbocycles. The van der Waals surface area contributed by atoms with E-state index in [9.17, 15) is 13.2 Å². The van der Waals surface area contributed by atoms with E-state index in [0.717, 1.165) is 0 Å². The van der Waals surface area contributed by atoms with Gasteiger partial charge in [0.1, 0.15) is 0 Å². The molecule has 1 heterocycles. The molecule has 0 saturated carbocycles. The van der Waals surface area contributed by atoms with Crippen LogP contribution in [-0.4, -0.2) is 21.5 Å². The fourth-order valence-corrected chi connectivity index (χ4v) is 2.59. The van der Waals surface area contributed by atoms with Gasteiger partial charge in [-0.2, -0.15) is 0 Å². The highest BCUT2D eigenvalue weighted by molar-refractivity contribution is 7.91. The van der Waals surface area contributed by atoms with Crippen molar-refractivity contribution in [2.24, 2.45) is 0 Å². The molecular weight excluding hydrogens is 256 g/mol. The van der Waals surface area contributed by atoms with Crippen LogP contribution in [0.25, 0.3) is 0 Å². The van der Waals surface area contributed by atoms with E-state index in [-0.39, 0.29) is 15.7 Å². The summed E-state index contributed by atoms with van der Waals surface area (Å²) >= 11 is 0. The molecule has 0 unspecified atom stereocenters. The summed E-state index contributed by atoms with van der Waals surface area (Å²) in [7, 11) is -2.54. The molecule has 0 aliphatic rings. The van der Waals surface area contributed by atoms with Gasteiger partial charge in [-0.15, -0.1) is 0 Å². The van der Waals surface area contributed by atoms with Gasteiger partial charge in [0.05, 0.1) is 12.0 Å². The van der Waals surface area contributed by atoms with Gasteiger partial charge in [-0.3, -0.25) is 0 Å². The number of benzene rings is 1. The average Bonchev–Trinajstić information content (AvgIpc) is 2.89. The third kappa shape index (κ3) is 2.14. The molecule has 0 N–H and O–H groups in total. The molecule has 6 heteroatoms. The molecule has 0 radical (unpaired) electrons. The first-order chi connectivity index (χ1) is 8.55. The zero-order valence-corrected chi connectivity index (χ0v) is 10.3. The van der Waals surface area contributed by atoms with E-state index >= 15 is 0 Å². The smallest absolute Gasteiger partial charge is 0.374 e. The van der Waals surface area contributed by atoms with Crippen molar-refractivity contribution in [2.75, 3.05) is 7.11 Å². The lowest BCUT2D eigenvalue weighted by atomic mass is 10.4. The molecule has 0 bridgehead atoms. The van der Waals surface area contributed by atoms with E-state index in [4.69, 9.17) is 4.42 Å².